The molecule has 0 radical (unpaired) electrons. The predicted octanol–water partition coefficient (Wildman–Crippen LogP) is 2.04. The lowest BCUT2D eigenvalue weighted by molar-refractivity contribution is 0.171. The highest BCUT2D eigenvalue weighted by molar-refractivity contribution is 5.46. The molecular weight excluding hydrogens is 247 g/mol. The van der Waals surface area contributed by atoms with Gasteiger partial charge in [-0.2, -0.15) is 0 Å². The molecule has 4 nitrogen and oxygen atoms in total. The lowest BCUT2D eigenvalue weighted by atomic mass is 10.0. The van der Waals surface area contributed by atoms with Crippen LogP contribution in [0.4, 0.5) is 4.39 Å². The molecule has 98 valence electrons. The molecule has 19 heavy (non-hydrogen) atoms. The van der Waals surface area contributed by atoms with Crippen LogP contribution < -0.4 is 15.2 Å². The van der Waals surface area contributed by atoms with Crippen molar-refractivity contribution in [3.8, 4) is 11.5 Å². The van der Waals surface area contributed by atoms with Crippen LogP contribution in [0.2, 0.25) is 0 Å². The maximum absolute atomic E-state index is 13.7. The summed E-state index contributed by atoms with van der Waals surface area (Å²) in [5.74, 6) is 0.907. The van der Waals surface area contributed by atoms with Crippen molar-refractivity contribution in [1.82, 2.24) is 4.98 Å². The maximum Gasteiger partial charge on any atom is 0.161 e. The second-order valence-corrected chi connectivity index (χ2v) is 4.25. The maximum atomic E-state index is 13.7. The number of hydrogen-bond donors (Lipinski definition) is 1. The molecule has 0 fully saturated rings. The minimum absolute atomic E-state index is 0.221. The molecule has 1 aromatic heterocycles. The molecule has 3 rings (SSSR count). The number of pyridine rings is 1. The van der Waals surface area contributed by atoms with Crippen LogP contribution in [0.1, 0.15) is 17.3 Å². The average Bonchev–Trinajstić information content (AvgIpc) is 2.46. The second-order valence-electron chi connectivity index (χ2n) is 4.25. The molecule has 2 N–H and O–H groups in total. The number of nitrogens with two attached hydrogens (primary N) is 1. The first-order chi connectivity index (χ1) is 9.25. The molecule has 1 atom stereocenters. The number of halogens is 1. The van der Waals surface area contributed by atoms with Crippen molar-refractivity contribution in [3.63, 3.8) is 0 Å². The number of nitrogens with zero attached hydrogens (tertiary/aromatic N) is 1. The summed E-state index contributed by atoms with van der Waals surface area (Å²) in [6, 6.07) is 7.61. The quantitative estimate of drug-likeness (QED) is 0.897. The van der Waals surface area contributed by atoms with E-state index in [2.05, 4.69) is 4.98 Å². The SMILES string of the molecule is NC(c1ccc2c(c1)OCCO2)c1ncccc1F. The normalized spacial score (nSPS) is 15.1. The van der Waals surface area contributed by atoms with Gasteiger partial charge in [0, 0.05) is 6.20 Å². The van der Waals surface area contributed by atoms with Crippen molar-refractivity contribution < 1.29 is 13.9 Å². The largest absolute Gasteiger partial charge is 0.486 e. The summed E-state index contributed by atoms with van der Waals surface area (Å²) in [6.45, 7) is 1.04. The Balaban J connectivity index is 1.96. The van der Waals surface area contributed by atoms with Gasteiger partial charge in [0.2, 0.25) is 0 Å². The summed E-state index contributed by atoms with van der Waals surface area (Å²) >= 11 is 0. The Hall–Kier alpha value is -2.14. The van der Waals surface area contributed by atoms with E-state index in [0.717, 1.165) is 5.56 Å². The van der Waals surface area contributed by atoms with Gasteiger partial charge < -0.3 is 15.2 Å². The van der Waals surface area contributed by atoms with Crippen molar-refractivity contribution in [2.75, 3.05) is 13.2 Å². The number of hydrogen-bond acceptors (Lipinski definition) is 4. The van der Waals surface area contributed by atoms with Crippen molar-refractivity contribution in [2.45, 2.75) is 6.04 Å². The van der Waals surface area contributed by atoms with E-state index in [1.807, 2.05) is 0 Å². The molecular formula is C14H13FN2O2. The van der Waals surface area contributed by atoms with Gasteiger partial charge in [-0.15, -0.1) is 0 Å². The Morgan fingerprint density at radius 1 is 1.16 bits per heavy atom. The zero-order valence-corrected chi connectivity index (χ0v) is 10.2. The van der Waals surface area contributed by atoms with Gasteiger partial charge in [-0.05, 0) is 29.8 Å². The molecule has 2 heterocycles. The fraction of sp³-hybridized carbons (Fsp3) is 0.214. The van der Waals surface area contributed by atoms with E-state index in [9.17, 15) is 4.39 Å². The molecule has 0 bridgehead atoms. The summed E-state index contributed by atoms with van der Waals surface area (Å²) in [7, 11) is 0. The molecule has 1 aliphatic heterocycles. The van der Waals surface area contributed by atoms with Gasteiger partial charge in [0.1, 0.15) is 19.0 Å². The fourth-order valence-electron chi connectivity index (χ4n) is 2.04. The number of rotatable bonds is 2. The fourth-order valence-corrected chi connectivity index (χ4v) is 2.04. The van der Waals surface area contributed by atoms with Gasteiger partial charge in [-0.1, -0.05) is 6.07 Å². The number of benzene rings is 1. The van der Waals surface area contributed by atoms with E-state index in [0.29, 0.717) is 24.7 Å². The van der Waals surface area contributed by atoms with E-state index in [4.69, 9.17) is 15.2 Å². The van der Waals surface area contributed by atoms with Crippen molar-refractivity contribution >= 4 is 0 Å². The molecule has 2 aromatic rings. The molecule has 0 saturated carbocycles. The Bertz CT molecular complexity index is 604. The molecule has 0 aliphatic carbocycles. The van der Waals surface area contributed by atoms with Crippen LogP contribution in [0.15, 0.2) is 36.5 Å². The molecule has 0 amide bonds. The molecule has 0 spiro atoms. The van der Waals surface area contributed by atoms with E-state index >= 15 is 0 Å². The summed E-state index contributed by atoms with van der Waals surface area (Å²) in [5, 5.41) is 0. The molecule has 0 saturated heterocycles. The van der Waals surface area contributed by atoms with Crippen LogP contribution in [0.5, 0.6) is 11.5 Å². The molecule has 1 unspecified atom stereocenters. The van der Waals surface area contributed by atoms with E-state index < -0.39 is 11.9 Å². The zero-order chi connectivity index (χ0) is 13.2. The molecule has 1 aromatic carbocycles. The summed E-state index contributed by atoms with van der Waals surface area (Å²) in [5.41, 5.74) is 7.01. The lowest BCUT2D eigenvalue weighted by Gasteiger charge is -2.20. The van der Waals surface area contributed by atoms with Gasteiger partial charge in [0.15, 0.2) is 11.5 Å². The topological polar surface area (TPSA) is 57.4 Å². The third-order valence-corrected chi connectivity index (χ3v) is 3.01. The van der Waals surface area contributed by atoms with Crippen LogP contribution >= 0.6 is 0 Å². The van der Waals surface area contributed by atoms with Crippen LogP contribution in [-0.2, 0) is 0 Å². The van der Waals surface area contributed by atoms with Crippen molar-refractivity contribution in [2.24, 2.45) is 5.73 Å². The van der Waals surface area contributed by atoms with Gasteiger partial charge in [0.05, 0.1) is 11.7 Å². The van der Waals surface area contributed by atoms with Crippen molar-refractivity contribution in [3.05, 3.63) is 53.6 Å². The van der Waals surface area contributed by atoms with Gasteiger partial charge in [0.25, 0.3) is 0 Å². The van der Waals surface area contributed by atoms with Crippen LogP contribution in [-0.4, -0.2) is 18.2 Å². The minimum Gasteiger partial charge on any atom is -0.486 e. The van der Waals surface area contributed by atoms with E-state index in [1.54, 1.807) is 18.2 Å². The standard InChI is InChI=1S/C14H13FN2O2/c15-10-2-1-5-17-14(10)13(16)9-3-4-11-12(8-9)19-7-6-18-11/h1-5,8,13H,6-7,16H2. The first kappa shape index (κ1) is 11.9. The zero-order valence-electron chi connectivity index (χ0n) is 10.2. The highest BCUT2D eigenvalue weighted by Gasteiger charge is 2.18. The highest BCUT2D eigenvalue weighted by Crippen LogP contribution is 2.33. The first-order valence-electron chi connectivity index (χ1n) is 6.01. The first-order valence-corrected chi connectivity index (χ1v) is 6.01. The number of aromatic nitrogens is 1. The number of ether oxygens (including phenoxy) is 2. The summed E-state index contributed by atoms with van der Waals surface area (Å²) in [6.07, 6.45) is 1.52. The summed E-state index contributed by atoms with van der Waals surface area (Å²) in [4.78, 5) is 3.99. The van der Waals surface area contributed by atoms with Gasteiger partial charge in [-0.25, -0.2) is 4.39 Å². The van der Waals surface area contributed by atoms with E-state index in [1.165, 1.54) is 18.3 Å². The van der Waals surface area contributed by atoms with E-state index in [-0.39, 0.29) is 5.69 Å². The minimum atomic E-state index is -0.628. The summed E-state index contributed by atoms with van der Waals surface area (Å²) < 4.78 is 24.6. The third-order valence-electron chi connectivity index (χ3n) is 3.01. The van der Waals surface area contributed by atoms with Crippen LogP contribution in [0, 0.1) is 5.82 Å². The number of fused-ring (bicyclic) bond motifs is 1. The third kappa shape index (κ3) is 2.24. The van der Waals surface area contributed by atoms with Gasteiger partial charge in [-0.3, -0.25) is 4.98 Å². The average molecular weight is 260 g/mol. The second kappa shape index (κ2) is 4.85. The Morgan fingerprint density at radius 2 is 1.95 bits per heavy atom. The van der Waals surface area contributed by atoms with Gasteiger partial charge >= 0.3 is 0 Å². The van der Waals surface area contributed by atoms with Crippen LogP contribution in [0.25, 0.3) is 0 Å². The lowest BCUT2D eigenvalue weighted by Crippen LogP contribution is -2.18. The predicted molar refractivity (Wildman–Crippen MR) is 67.7 cm³/mol. The smallest absolute Gasteiger partial charge is 0.161 e. The highest BCUT2D eigenvalue weighted by atomic mass is 19.1. The molecule has 1 aliphatic rings. The monoisotopic (exact) mass is 260 g/mol. The molecule has 5 heteroatoms. The Labute approximate surface area is 110 Å². The Kier molecular flexibility index (Phi) is 3.05. The van der Waals surface area contributed by atoms with Crippen LogP contribution in [0.3, 0.4) is 0 Å². The Morgan fingerprint density at radius 3 is 2.74 bits per heavy atom. The van der Waals surface area contributed by atoms with Crippen molar-refractivity contribution in [1.29, 1.82) is 0 Å².